The number of rotatable bonds is 20. The van der Waals surface area contributed by atoms with Gasteiger partial charge in [-0.1, -0.05) is 58.9 Å². The normalized spacial score (nSPS) is 50.3. The average molecular weight is 1300 g/mol. The third-order valence-corrected chi connectivity index (χ3v) is 22.8. The van der Waals surface area contributed by atoms with Crippen LogP contribution in [0.3, 0.4) is 0 Å². The first kappa shape index (κ1) is 72.3. The lowest BCUT2D eigenvalue weighted by atomic mass is 9.38. The molecule has 8 fully saturated rings. The zero-order chi connectivity index (χ0) is 66.1. The summed E-state index contributed by atoms with van der Waals surface area (Å²) in [6.45, 7) is 13.3. The second kappa shape index (κ2) is 28.2. The fourth-order valence-electron chi connectivity index (χ4n) is 17.2. The Hall–Kier alpha value is -2.02. The van der Waals surface area contributed by atoms with Crippen LogP contribution >= 0.6 is 0 Å². The summed E-state index contributed by atoms with van der Waals surface area (Å²) in [5.41, 5.74) is -0.0170. The molecule has 28 heteroatoms. The maximum Gasteiger partial charge on any atom is 0.187 e. The van der Waals surface area contributed by atoms with E-state index in [1.54, 1.807) is 0 Å². The standard InChI is InChI=1S/C62H102O28/c1-26(11-15-40(59(4,5)80)88-57-52(90-56-49(78)45(74)42(71)34(23-65)84-56)46(75)43(72)36(86-57)25-81-53-31(68)20-30(67)32(82-53)10-9-19-63)27-17-18-60(6)37-14-12-28-29(62(37,8)38(69)21-61(27,60)7)13-16-39(58(28,2)3)87-54-50(79)47(76)51(35(24-66)85-54)89-55-48(77)44(73)41(70)33(22-64)83-55/h10,12,19,26-27,29-57,63-80H,11,13-18,20-25H2,1-8H3/t9?,26-,27?,29?,30+,31-,32?,33-,34+,35-,36-,37?,38-,39+,40-,41-,42+,43-,44+,45-,46+,47-,48-,49+,50-,51-,52-,53+,54+,55-,56-,57+,60+,61-,62+/m1/s1. The van der Waals surface area contributed by atoms with Gasteiger partial charge >= 0.3 is 0 Å². The third kappa shape index (κ3) is 13.3. The summed E-state index contributed by atoms with van der Waals surface area (Å²) in [6, 6.07) is 0. The van der Waals surface area contributed by atoms with Crippen LogP contribution in [-0.2, 0) is 47.4 Å². The van der Waals surface area contributed by atoms with E-state index in [1.807, 2.05) is 13.8 Å². The van der Waals surface area contributed by atoms with Gasteiger partial charge in [0, 0.05) is 17.3 Å². The van der Waals surface area contributed by atoms with Crippen LogP contribution in [-0.4, -0.2) is 290 Å². The van der Waals surface area contributed by atoms with Crippen LogP contribution in [0, 0.1) is 45.3 Å². The van der Waals surface area contributed by atoms with Crippen molar-refractivity contribution in [2.45, 2.75) is 285 Å². The van der Waals surface area contributed by atoms with Crippen LogP contribution in [0.5, 0.6) is 0 Å². The minimum Gasteiger partial charge on any atom is -0.507 e. The predicted octanol–water partition coefficient (Wildman–Crippen LogP) is -3.14. The van der Waals surface area contributed by atoms with Crippen molar-refractivity contribution in [3.63, 3.8) is 0 Å². The summed E-state index contributed by atoms with van der Waals surface area (Å²) in [5, 5.41) is 195. The Labute approximate surface area is 523 Å². The van der Waals surface area contributed by atoms with Crippen molar-refractivity contribution in [1.29, 1.82) is 0 Å². The zero-order valence-electron chi connectivity index (χ0n) is 52.5. The average Bonchev–Trinajstić information content (AvgIpc) is 1.31. The highest BCUT2D eigenvalue weighted by Gasteiger charge is 2.70. The Balaban J connectivity index is 0.884. The van der Waals surface area contributed by atoms with E-state index in [0.29, 0.717) is 38.4 Å². The lowest BCUT2D eigenvalue weighted by molar-refractivity contribution is -0.379. The molecule has 9 rings (SSSR count). The molecule has 0 spiro atoms. The summed E-state index contributed by atoms with van der Waals surface area (Å²) < 4.78 is 60.1. The lowest BCUT2D eigenvalue weighted by Crippen LogP contribution is -2.66. The molecule has 3 saturated carbocycles. The summed E-state index contributed by atoms with van der Waals surface area (Å²) in [4.78, 5) is 0. The Bertz CT molecular complexity index is 2460. The quantitative estimate of drug-likeness (QED) is 0.0325. The molecule has 0 aromatic carbocycles. The number of ether oxygens (including phenoxy) is 10. The molecule has 0 radical (unpaired) electrons. The molecule has 34 atom stereocenters. The number of aliphatic hydroxyl groups excluding tert-OH is 17. The summed E-state index contributed by atoms with van der Waals surface area (Å²) in [6.07, 6.45) is -32.2. The molecule has 5 aliphatic heterocycles. The van der Waals surface area contributed by atoms with E-state index in [-0.39, 0.29) is 47.3 Å². The first-order valence-corrected chi connectivity index (χ1v) is 31.9. The Morgan fingerprint density at radius 3 is 1.74 bits per heavy atom. The van der Waals surface area contributed by atoms with Crippen LogP contribution in [0.15, 0.2) is 29.7 Å². The second-order valence-corrected chi connectivity index (χ2v) is 28.8. The first-order valence-electron chi connectivity index (χ1n) is 31.9. The third-order valence-electron chi connectivity index (χ3n) is 22.8. The molecule has 28 nitrogen and oxygen atoms in total. The molecule has 5 heterocycles. The van der Waals surface area contributed by atoms with Gasteiger partial charge in [-0.2, -0.15) is 0 Å². The SMILES string of the molecule is C[C@H](CC[C@@H](O[C@@H]1O[C@H](CO[C@H]2OC(C=C=CO)[C@@H](O)C[C@H]2O)[C@@H](O)[C@H](O)[C@H]1O[C@H]1O[C@@H](CO)[C@H](O)[C@@H](O)[C@@H]1O)C(C)(C)O)C1CC[C@@]2(C)C3CC=C4C(CC[C@H](O[C@@H]5O[C@H](CO)[C@@H](O[C@H]6O[C@H](CO)[C@@H](O)[C@H](O)[C@H]6O)[C@H](O)[C@H]5O)C4(C)C)[C@]3(C)[C@H](O)C[C@]12C. The molecular weight excluding hydrogens is 1190 g/mol. The fraction of sp³-hybridized carbons (Fsp3) is 0.919. The molecule has 5 saturated heterocycles. The van der Waals surface area contributed by atoms with Crippen molar-refractivity contribution in [3.05, 3.63) is 29.7 Å². The van der Waals surface area contributed by atoms with E-state index >= 15 is 0 Å². The highest BCUT2D eigenvalue weighted by atomic mass is 16.8. The number of aliphatic hydroxyl groups is 18. The summed E-state index contributed by atoms with van der Waals surface area (Å²) in [5.74, 6) is 0.0319. The van der Waals surface area contributed by atoms with Crippen LogP contribution in [0.2, 0.25) is 0 Å². The fourth-order valence-corrected chi connectivity index (χ4v) is 17.2. The van der Waals surface area contributed by atoms with E-state index in [4.69, 9.17) is 52.5 Å². The summed E-state index contributed by atoms with van der Waals surface area (Å²) >= 11 is 0. The van der Waals surface area contributed by atoms with Gasteiger partial charge in [0.25, 0.3) is 0 Å². The molecule has 0 aromatic rings. The van der Waals surface area contributed by atoms with Gasteiger partial charge in [0.1, 0.15) is 116 Å². The maximum atomic E-state index is 12.9. The minimum atomic E-state index is -1.93. The molecule has 4 aliphatic carbocycles. The predicted molar refractivity (Wildman–Crippen MR) is 307 cm³/mol. The number of hydrogen-bond acceptors (Lipinski definition) is 28. The first-order chi connectivity index (χ1) is 42.2. The number of hydrogen-bond donors (Lipinski definition) is 18. The minimum absolute atomic E-state index is 0.0205. The number of allylic oxidation sites excluding steroid dienone is 1. The van der Waals surface area contributed by atoms with Crippen LogP contribution < -0.4 is 0 Å². The molecule has 0 bridgehead atoms. The van der Waals surface area contributed by atoms with E-state index in [0.717, 1.165) is 18.4 Å². The molecule has 518 valence electrons. The highest BCUT2D eigenvalue weighted by molar-refractivity contribution is 5.32. The summed E-state index contributed by atoms with van der Waals surface area (Å²) in [7, 11) is 0. The monoisotopic (exact) mass is 1290 g/mol. The van der Waals surface area contributed by atoms with Gasteiger partial charge in [0.15, 0.2) is 31.5 Å². The van der Waals surface area contributed by atoms with Gasteiger partial charge in [-0.15, -0.1) is 0 Å². The van der Waals surface area contributed by atoms with Gasteiger partial charge < -0.3 is 139 Å². The van der Waals surface area contributed by atoms with Crippen molar-refractivity contribution < 1.29 is 139 Å². The zero-order valence-corrected chi connectivity index (χ0v) is 52.5. The van der Waals surface area contributed by atoms with Crippen molar-refractivity contribution in [2.24, 2.45) is 45.3 Å². The smallest absolute Gasteiger partial charge is 0.187 e. The van der Waals surface area contributed by atoms with Gasteiger partial charge in [0.2, 0.25) is 0 Å². The Morgan fingerprint density at radius 2 is 1.16 bits per heavy atom. The van der Waals surface area contributed by atoms with Gasteiger partial charge in [-0.05, 0) is 106 Å². The van der Waals surface area contributed by atoms with Crippen LogP contribution in [0.25, 0.3) is 0 Å². The van der Waals surface area contributed by atoms with Crippen molar-refractivity contribution in [2.75, 3.05) is 26.4 Å². The van der Waals surface area contributed by atoms with Gasteiger partial charge in [-0.3, -0.25) is 0 Å². The highest BCUT2D eigenvalue weighted by Crippen LogP contribution is 2.75. The maximum absolute atomic E-state index is 12.9. The molecule has 0 aromatic heterocycles. The molecule has 18 N–H and O–H groups in total. The molecule has 0 amide bonds. The molecular formula is C62H102O28. The van der Waals surface area contributed by atoms with Crippen molar-refractivity contribution in [3.8, 4) is 0 Å². The van der Waals surface area contributed by atoms with Crippen LogP contribution in [0.1, 0.15) is 113 Å². The molecule has 4 unspecified atom stereocenters. The lowest BCUT2D eigenvalue weighted by Gasteiger charge is -2.67. The largest absolute Gasteiger partial charge is 0.507 e. The van der Waals surface area contributed by atoms with Crippen LogP contribution in [0.4, 0.5) is 0 Å². The van der Waals surface area contributed by atoms with Crippen molar-refractivity contribution >= 4 is 0 Å². The topological polar surface area (TPSA) is 456 Å². The Morgan fingerprint density at radius 1 is 0.611 bits per heavy atom. The van der Waals surface area contributed by atoms with Gasteiger partial charge in [0.05, 0.1) is 56.4 Å². The van der Waals surface area contributed by atoms with E-state index < -0.39 is 209 Å². The Kier molecular flexibility index (Phi) is 22.6. The second-order valence-electron chi connectivity index (χ2n) is 28.8. The van der Waals surface area contributed by atoms with E-state index in [9.17, 15) is 86.8 Å². The van der Waals surface area contributed by atoms with E-state index in [1.165, 1.54) is 19.9 Å². The van der Waals surface area contributed by atoms with Gasteiger partial charge in [-0.25, -0.2) is 0 Å². The number of fused-ring (bicyclic) bond motifs is 5. The molecule has 90 heavy (non-hydrogen) atoms. The molecule has 9 aliphatic rings. The van der Waals surface area contributed by atoms with Crippen molar-refractivity contribution in [1.82, 2.24) is 0 Å². The van der Waals surface area contributed by atoms with E-state index in [2.05, 4.69) is 39.5 Å².